The lowest BCUT2D eigenvalue weighted by Gasteiger charge is -2.28. The lowest BCUT2D eigenvalue weighted by molar-refractivity contribution is -0.132. The molecule has 2 aliphatic rings. The third kappa shape index (κ3) is 4.36. The van der Waals surface area contributed by atoms with Crippen LogP contribution in [-0.4, -0.2) is 73.0 Å². The molecule has 2 unspecified atom stereocenters. The Balaban J connectivity index is 1.60. The van der Waals surface area contributed by atoms with Crippen LogP contribution in [0.1, 0.15) is 12.0 Å². The molecule has 2 atom stereocenters. The lowest BCUT2D eigenvalue weighted by Crippen LogP contribution is -2.44. The maximum Gasteiger partial charge on any atom is 0.239 e. The minimum Gasteiger partial charge on any atom is -0.340 e. The smallest absolute Gasteiger partial charge is 0.239 e. The zero-order valence-corrected chi connectivity index (χ0v) is 17.1. The second-order valence-electron chi connectivity index (χ2n) is 6.66. The third-order valence-electron chi connectivity index (χ3n) is 4.88. The lowest BCUT2D eigenvalue weighted by atomic mass is 10.1. The zero-order chi connectivity index (χ0) is 18.7. The Morgan fingerprint density at radius 2 is 2.04 bits per heavy atom. The molecule has 0 bridgehead atoms. The number of likely N-dealkylation sites (N-methyl/N-ethyl adjacent to an activating group) is 1. The van der Waals surface area contributed by atoms with Crippen molar-refractivity contribution >= 4 is 39.3 Å². The molecule has 1 aromatic rings. The number of sulfonamides is 1. The van der Waals surface area contributed by atoms with E-state index in [1.807, 2.05) is 18.2 Å². The van der Waals surface area contributed by atoms with Gasteiger partial charge in [-0.25, -0.2) is 8.42 Å². The summed E-state index contributed by atoms with van der Waals surface area (Å²) in [5.41, 5.74) is 0.873. The Labute approximate surface area is 164 Å². The highest BCUT2D eigenvalue weighted by Gasteiger charge is 2.41. The summed E-state index contributed by atoms with van der Waals surface area (Å²) in [6, 6.07) is 6.94. The number of amides is 1. The molecule has 0 aliphatic carbocycles. The summed E-state index contributed by atoms with van der Waals surface area (Å²) in [5.74, 6) is 1.57. The van der Waals surface area contributed by atoms with Crippen molar-refractivity contribution < 1.29 is 13.2 Å². The van der Waals surface area contributed by atoms with Gasteiger partial charge in [-0.15, -0.1) is 0 Å². The molecule has 2 aliphatic heterocycles. The number of benzene rings is 1. The molecule has 144 valence electrons. The molecule has 0 radical (unpaired) electrons. The molecule has 9 heteroatoms. The first kappa shape index (κ1) is 19.9. The van der Waals surface area contributed by atoms with E-state index in [1.165, 1.54) is 0 Å². The average Bonchev–Trinajstić information content (AvgIpc) is 3.14. The van der Waals surface area contributed by atoms with Crippen LogP contribution < -0.4 is 5.32 Å². The Morgan fingerprint density at radius 3 is 2.73 bits per heavy atom. The predicted molar refractivity (Wildman–Crippen MR) is 106 cm³/mol. The monoisotopic (exact) mass is 417 g/mol. The summed E-state index contributed by atoms with van der Waals surface area (Å²) < 4.78 is 27.2. The van der Waals surface area contributed by atoms with E-state index in [9.17, 15) is 13.2 Å². The van der Waals surface area contributed by atoms with Gasteiger partial charge in [0.05, 0.1) is 11.3 Å². The second kappa shape index (κ2) is 8.48. The van der Waals surface area contributed by atoms with E-state index in [2.05, 4.69) is 5.32 Å². The van der Waals surface area contributed by atoms with E-state index in [0.717, 1.165) is 17.1 Å². The Kier molecular flexibility index (Phi) is 6.50. The maximum absolute atomic E-state index is 12.8. The van der Waals surface area contributed by atoms with Crippen LogP contribution in [0, 0.1) is 0 Å². The summed E-state index contributed by atoms with van der Waals surface area (Å²) in [6.45, 7) is 1.85. The van der Waals surface area contributed by atoms with Gasteiger partial charge in [0.25, 0.3) is 0 Å². The van der Waals surface area contributed by atoms with Crippen molar-refractivity contribution in [1.82, 2.24) is 14.5 Å². The SMILES string of the molecule is CN(Cc1ccccc1Cl)C(=O)C1CC(S(=O)(=O)N2CCSCC2)CN1. The summed E-state index contributed by atoms with van der Waals surface area (Å²) in [7, 11) is -1.63. The number of rotatable bonds is 5. The minimum absolute atomic E-state index is 0.100. The number of halogens is 1. The number of thioether (sulfide) groups is 1. The van der Waals surface area contributed by atoms with Gasteiger partial charge in [-0.3, -0.25) is 4.79 Å². The van der Waals surface area contributed by atoms with Crippen LogP contribution in [0.4, 0.5) is 0 Å². The number of carbonyl (C=O) groups is 1. The first-order chi connectivity index (χ1) is 12.4. The van der Waals surface area contributed by atoms with Crippen LogP contribution in [-0.2, 0) is 21.4 Å². The normalized spacial score (nSPS) is 24.5. The molecular weight excluding hydrogens is 394 g/mol. The van der Waals surface area contributed by atoms with Crippen molar-refractivity contribution in [1.29, 1.82) is 0 Å². The van der Waals surface area contributed by atoms with Crippen molar-refractivity contribution in [3.05, 3.63) is 34.9 Å². The van der Waals surface area contributed by atoms with E-state index in [1.54, 1.807) is 34.1 Å². The van der Waals surface area contributed by atoms with Crippen LogP contribution in [0.3, 0.4) is 0 Å². The molecule has 2 fully saturated rings. The molecule has 2 heterocycles. The fourth-order valence-corrected chi connectivity index (χ4v) is 6.54. The van der Waals surface area contributed by atoms with Crippen LogP contribution in [0.5, 0.6) is 0 Å². The fraction of sp³-hybridized carbons (Fsp3) is 0.588. The van der Waals surface area contributed by atoms with Crippen LogP contribution in [0.2, 0.25) is 5.02 Å². The van der Waals surface area contributed by atoms with E-state index in [-0.39, 0.29) is 5.91 Å². The molecular formula is C17H24ClN3O3S2. The summed E-state index contributed by atoms with van der Waals surface area (Å²) in [4.78, 5) is 14.3. The van der Waals surface area contributed by atoms with Gasteiger partial charge in [-0.2, -0.15) is 16.1 Å². The first-order valence-electron chi connectivity index (χ1n) is 8.68. The van der Waals surface area contributed by atoms with Crippen molar-refractivity contribution in [2.75, 3.05) is 38.2 Å². The molecule has 1 aromatic carbocycles. The van der Waals surface area contributed by atoms with Crippen molar-refractivity contribution in [3.8, 4) is 0 Å². The maximum atomic E-state index is 12.8. The van der Waals surface area contributed by atoms with Gasteiger partial charge in [-0.05, 0) is 18.1 Å². The molecule has 1 amide bonds. The molecule has 0 aromatic heterocycles. The van der Waals surface area contributed by atoms with E-state index >= 15 is 0 Å². The highest BCUT2D eigenvalue weighted by molar-refractivity contribution is 7.99. The zero-order valence-electron chi connectivity index (χ0n) is 14.7. The summed E-state index contributed by atoms with van der Waals surface area (Å²) in [6.07, 6.45) is 0.317. The van der Waals surface area contributed by atoms with E-state index < -0.39 is 21.3 Å². The van der Waals surface area contributed by atoms with E-state index in [4.69, 9.17) is 11.6 Å². The quantitative estimate of drug-likeness (QED) is 0.784. The standard InChI is InChI=1S/C17H24ClN3O3S2/c1-20(12-13-4-2-3-5-15(13)18)17(22)16-10-14(11-19-16)26(23,24)21-6-8-25-9-7-21/h2-5,14,16,19H,6-12H2,1H3. The summed E-state index contributed by atoms with van der Waals surface area (Å²) in [5, 5.41) is 3.18. The molecule has 6 nitrogen and oxygen atoms in total. The van der Waals surface area contributed by atoms with Gasteiger partial charge in [-0.1, -0.05) is 29.8 Å². The number of hydrogen-bond acceptors (Lipinski definition) is 5. The van der Waals surface area contributed by atoms with Crippen LogP contribution in [0.25, 0.3) is 0 Å². The molecule has 0 saturated carbocycles. The van der Waals surface area contributed by atoms with Gasteiger partial charge in [0.1, 0.15) is 0 Å². The van der Waals surface area contributed by atoms with Gasteiger partial charge in [0.15, 0.2) is 0 Å². The van der Waals surface area contributed by atoms with E-state index in [0.29, 0.717) is 37.6 Å². The molecule has 0 spiro atoms. The molecule has 26 heavy (non-hydrogen) atoms. The minimum atomic E-state index is -3.35. The summed E-state index contributed by atoms with van der Waals surface area (Å²) >= 11 is 7.94. The van der Waals surface area contributed by atoms with Gasteiger partial charge < -0.3 is 10.2 Å². The number of hydrogen-bond donors (Lipinski definition) is 1. The second-order valence-corrected chi connectivity index (χ2v) is 10.5. The van der Waals surface area contributed by atoms with Gasteiger partial charge in [0.2, 0.25) is 15.9 Å². The molecule has 1 N–H and O–H groups in total. The Morgan fingerprint density at radius 1 is 1.35 bits per heavy atom. The van der Waals surface area contributed by atoms with Gasteiger partial charge >= 0.3 is 0 Å². The Hall–Kier alpha value is -0.800. The predicted octanol–water partition coefficient (Wildman–Crippen LogP) is 1.41. The van der Waals surface area contributed by atoms with Crippen LogP contribution in [0.15, 0.2) is 24.3 Å². The fourth-order valence-electron chi connectivity index (χ4n) is 3.36. The number of nitrogens with zero attached hydrogens (tertiary/aromatic N) is 2. The highest BCUT2D eigenvalue weighted by atomic mass is 35.5. The topological polar surface area (TPSA) is 69.7 Å². The average molecular weight is 418 g/mol. The van der Waals surface area contributed by atoms with Crippen molar-refractivity contribution in [2.45, 2.75) is 24.3 Å². The largest absolute Gasteiger partial charge is 0.340 e. The van der Waals surface area contributed by atoms with Crippen LogP contribution >= 0.6 is 23.4 Å². The first-order valence-corrected chi connectivity index (χ1v) is 11.7. The Bertz CT molecular complexity index is 753. The van der Waals surface area contributed by atoms with Gasteiger partial charge in [0, 0.05) is 49.8 Å². The number of carbonyl (C=O) groups excluding carboxylic acids is 1. The molecule has 3 rings (SSSR count). The highest BCUT2D eigenvalue weighted by Crippen LogP contribution is 2.23. The van der Waals surface area contributed by atoms with Crippen molar-refractivity contribution in [2.24, 2.45) is 0 Å². The third-order valence-corrected chi connectivity index (χ3v) is 8.48. The van der Waals surface area contributed by atoms with Crippen molar-refractivity contribution in [3.63, 3.8) is 0 Å². The number of nitrogens with one attached hydrogen (secondary N) is 1. The molecule has 2 saturated heterocycles.